The van der Waals surface area contributed by atoms with Gasteiger partial charge in [-0.15, -0.1) is 10.2 Å². The molecule has 1 atom stereocenters. The van der Waals surface area contributed by atoms with Crippen molar-refractivity contribution < 1.29 is 14.7 Å². The maximum absolute atomic E-state index is 12.7. The summed E-state index contributed by atoms with van der Waals surface area (Å²) in [4.78, 5) is 26.8. The van der Waals surface area contributed by atoms with E-state index >= 15 is 0 Å². The monoisotopic (exact) mass is 333 g/mol. The number of rotatable bonds is 4. The molecule has 0 aromatic carbocycles. The van der Waals surface area contributed by atoms with E-state index in [0.717, 1.165) is 38.5 Å². The van der Waals surface area contributed by atoms with Gasteiger partial charge in [0.1, 0.15) is 5.51 Å². The van der Waals surface area contributed by atoms with Crippen LogP contribution in [0.5, 0.6) is 0 Å². The highest BCUT2D eigenvalue weighted by molar-refractivity contribution is 7.13. The van der Waals surface area contributed by atoms with Gasteiger partial charge in [-0.25, -0.2) is 0 Å². The van der Waals surface area contributed by atoms with Crippen molar-refractivity contribution in [1.82, 2.24) is 10.2 Å². The van der Waals surface area contributed by atoms with Gasteiger partial charge in [-0.1, -0.05) is 30.6 Å². The van der Waals surface area contributed by atoms with Gasteiger partial charge in [0.15, 0.2) is 11.5 Å². The summed E-state index contributed by atoms with van der Waals surface area (Å²) in [6.07, 6.45) is 7.07. The topological polar surface area (TPSA) is 83.4 Å². The number of amides is 1. The molecule has 1 aliphatic heterocycles. The first-order chi connectivity index (χ1) is 11.2. The predicted octanol–water partition coefficient (Wildman–Crippen LogP) is 2.62. The van der Waals surface area contributed by atoms with E-state index in [2.05, 4.69) is 10.2 Å². The normalized spacial score (nSPS) is 26.2. The number of hydrogen-bond donors (Lipinski definition) is 1. The average molecular weight is 333 g/mol. The van der Waals surface area contributed by atoms with E-state index in [0.29, 0.717) is 10.7 Å². The largest absolute Gasteiger partial charge is 0.503 e. The van der Waals surface area contributed by atoms with Gasteiger partial charge < -0.3 is 5.11 Å². The number of hydrogen-bond acceptors (Lipinski definition) is 6. The summed E-state index contributed by atoms with van der Waals surface area (Å²) in [7, 11) is 0. The summed E-state index contributed by atoms with van der Waals surface area (Å²) in [6.45, 7) is 0. The second-order valence-electron chi connectivity index (χ2n) is 6.64. The number of anilines is 1. The Balaban J connectivity index is 1.75. The highest BCUT2D eigenvalue weighted by atomic mass is 32.1. The fraction of sp³-hybridized carbons (Fsp3) is 0.625. The minimum atomic E-state index is -0.499. The molecule has 3 aliphatic rings. The Bertz CT molecular complexity index is 660. The van der Waals surface area contributed by atoms with Gasteiger partial charge in [-0.2, -0.15) is 0 Å². The summed E-state index contributed by atoms with van der Waals surface area (Å²) in [5, 5.41) is 18.7. The number of nitrogens with zero attached hydrogens (tertiary/aromatic N) is 3. The van der Waals surface area contributed by atoms with E-state index in [9.17, 15) is 14.7 Å². The molecule has 2 aliphatic carbocycles. The van der Waals surface area contributed by atoms with Gasteiger partial charge in [0.05, 0.1) is 11.6 Å². The first kappa shape index (κ1) is 14.8. The van der Waals surface area contributed by atoms with Crippen LogP contribution in [0.15, 0.2) is 16.8 Å². The van der Waals surface area contributed by atoms with Crippen molar-refractivity contribution in [1.29, 1.82) is 0 Å². The summed E-state index contributed by atoms with van der Waals surface area (Å²) < 4.78 is 0. The molecule has 7 heteroatoms. The standard InChI is InChI=1S/C16H19N3O3S/c20-13(10-6-7-10)11-12(9-4-2-1-3-5-9)19(15(22)14(11)21)16-18-17-8-23-16/h8-10,12,21H,1-7H2. The van der Waals surface area contributed by atoms with Gasteiger partial charge in [0.2, 0.25) is 5.13 Å². The highest BCUT2D eigenvalue weighted by Crippen LogP contribution is 2.44. The van der Waals surface area contributed by atoms with E-state index in [1.54, 1.807) is 5.51 Å². The van der Waals surface area contributed by atoms with Gasteiger partial charge in [0, 0.05) is 5.92 Å². The number of ketones is 1. The molecule has 122 valence electrons. The Morgan fingerprint density at radius 3 is 2.57 bits per heavy atom. The molecule has 2 fully saturated rings. The van der Waals surface area contributed by atoms with Crippen molar-refractivity contribution in [3.8, 4) is 0 Å². The number of carbonyl (C=O) groups is 2. The van der Waals surface area contributed by atoms with Crippen LogP contribution >= 0.6 is 11.3 Å². The molecule has 6 nitrogen and oxygen atoms in total. The lowest BCUT2D eigenvalue weighted by molar-refractivity contribution is -0.118. The van der Waals surface area contributed by atoms with E-state index in [-0.39, 0.29) is 29.4 Å². The lowest BCUT2D eigenvalue weighted by atomic mass is 9.80. The zero-order valence-corrected chi connectivity index (χ0v) is 13.6. The van der Waals surface area contributed by atoms with Crippen molar-refractivity contribution in [3.63, 3.8) is 0 Å². The quantitative estimate of drug-likeness (QED) is 0.916. The van der Waals surface area contributed by atoms with Gasteiger partial charge in [-0.3, -0.25) is 14.5 Å². The van der Waals surface area contributed by atoms with Gasteiger partial charge in [0.25, 0.3) is 5.91 Å². The van der Waals surface area contributed by atoms with Crippen LogP contribution in [-0.4, -0.2) is 33.0 Å². The molecule has 1 unspecified atom stereocenters. The molecule has 1 aromatic rings. The van der Waals surface area contributed by atoms with Crippen LogP contribution in [0.2, 0.25) is 0 Å². The fourth-order valence-electron chi connectivity index (χ4n) is 3.83. The van der Waals surface area contributed by atoms with Crippen LogP contribution in [0.1, 0.15) is 44.9 Å². The Labute approximate surface area is 138 Å². The lowest BCUT2D eigenvalue weighted by Crippen LogP contribution is -2.43. The summed E-state index contributed by atoms with van der Waals surface area (Å²) in [5.41, 5.74) is 1.90. The first-order valence-electron chi connectivity index (χ1n) is 8.25. The van der Waals surface area contributed by atoms with Crippen LogP contribution < -0.4 is 4.90 Å². The minimum absolute atomic E-state index is 0.0135. The number of aromatic nitrogens is 2. The smallest absolute Gasteiger partial charge is 0.296 e. The molecule has 0 spiro atoms. The molecule has 2 saturated carbocycles. The second kappa shape index (κ2) is 5.70. The molecule has 0 bridgehead atoms. The number of Topliss-reactive ketones (excluding diaryl/α,β-unsaturated/α-hetero) is 1. The number of aliphatic hydroxyl groups excluding tert-OH is 1. The third-order valence-electron chi connectivity index (χ3n) is 5.12. The zero-order valence-electron chi connectivity index (χ0n) is 12.8. The van der Waals surface area contributed by atoms with Crippen LogP contribution in [0, 0.1) is 11.8 Å². The zero-order chi connectivity index (χ0) is 16.0. The Kier molecular flexibility index (Phi) is 3.67. The van der Waals surface area contributed by atoms with E-state index in [1.807, 2.05) is 0 Å². The molecule has 1 N–H and O–H groups in total. The summed E-state index contributed by atoms with van der Waals surface area (Å²) in [6, 6.07) is -0.371. The average Bonchev–Trinajstić information content (AvgIpc) is 3.23. The van der Waals surface area contributed by atoms with Crippen molar-refractivity contribution >= 4 is 28.2 Å². The number of aliphatic hydroxyl groups is 1. The molecular formula is C16H19N3O3S. The van der Waals surface area contributed by atoms with E-state index < -0.39 is 5.91 Å². The van der Waals surface area contributed by atoms with Gasteiger partial charge in [-0.05, 0) is 31.6 Å². The van der Waals surface area contributed by atoms with Crippen LogP contribution in [0.4, 0.5) is 5.13 Å². The lowest BCUT2D eigenvalue weighted by Gasteiger charge is -2.33. The third-order valence-corrected chi connectivity index (χ3v) is 5.80. The SMILES string of the molecule is O=C(C1=C(O)C(=O)N(c2nncs2)C1C1CCCCC1)C1CC1. The predicted molar refractivity (Wildman–Crippen MR) is 85.1 cm³/mol. The second-order valence-corrected chi connectivity index (χ2v) is 7.45. The van der Waals surface area contributed by atoms with Crippen molar-refractivity contribution in [2.75, 3.05) is 4.90 Å². The third kappa shape index (κ3) is 2.47. The molecule has 4 rings (SSSR count). The fourth-order valence-corrected chi connectivity index (χ4v) is 4.42. The van der Waals surface area contributed by atoms with Crippen molar-refractivity contribution in [2.24, 2.45) is 11.8 Å². The Morgan fingerprint density at radius 2 is 1.96 bits per heavy atom. The molecule has 23 heavy (non-hydrogen) atoms. The van der Waals surface area contributed by atoms with Crippen LogP contribution in [0.25, 0.3) is 0 Å². The summed E-state index contributed by atoms with van der Waals surface area (Å²) >= 11 is 1.27. The first-order valence-corrected chi connectivity index (χ1v) is 9.13. The summed E-state index contributed by atoms with van der Waals surface area (Å²) in [5.74, 6) is -0.716. The van der Waals surface area contributed by atoms with Crippen molar-refractivity contribution in [2.45, 2.75) is 51.0 Å². The van der Waals surface area contributed by atoms with E-state index in [1.165, 1.54) is 22.7 Å². The molecule has 2 heterocycles. The maximum atomic E-state index is 12.7. The Morgan fingerprint density at radius 1 is 1.22 bits per heavy atom. The van der Waals surface area contributed by atoms with Crippen LogP contribution in [-0.2, 0) is 9.59 Å². The molecule has 0 radical (unpaired) electrons. The molecule has 1 amide bonds. The maximum Gasteiger partial charge on any atom is 0.296 e. The van der Waals surface area contributed by atoms with Gasteiger partial charge >= 0.3 is 0 Å². The molecule has 1 aromatic heterocycles. The Hall–Kier alpha value is -1.76. The van der Waals surface area contributed by atoms with Crippen LogP contribution in [0.3, 0.4) is 0 Å². The van der Waals surface area contributed by atoms with Crippen molar-refractivity contribution in [3.05, 3.63) is 16.8 Å². The molecular weight excluding hydrogens is 314 g/mol. The molecule has 0 saturated heterocycles. The minimum Gasteiger partial charge on any atom is -0.503 e. The highest BCUT2D eigenvalue weighted by Gasteiger charge is 2.50. The number of carbonyl (C=O) groups excluding carboxylic acids is 2. The van der Waals surface area contributed by atoms with E-state index in [4.69, 9.17) is 0 Å².